The van der Waals surface area contributed by atoms with Crippen LogP contribution in [0.1, 0.15) is 54.7 Å². The summed E-state index contributed by atoms with van der Waals surface area (Å²) in [6.07, 6.45) is -5.25. The summed E-state index contributed by atoms with van der Waals surface area (Å²) >= 11 is 0. The highest BCUT2D eigenvalue weighted by molar-refractivity contribution is 5.95. The van der Waals surface area contributed by atoms with E-state index in [1.807, 2.05) is 54.6 Å². The molecular formula is C37H37F3N2O5. The molecule has 0 aliphatic heterocycles. The van der Waals surface area contributed by atoms with Crippen LogP contribution in [0.5, 0.6) is 0 Å². The van der Waals surface area contributed by atoms with Crippen LogP contribution in [0.2, 0.25) is 0 Å². The Labute approximate surface area is 272 Å². The van der Waals surface area contributed by atoms with Crippen molar-refractivity contribution in [3.05, 3.63) is 120 Å². The molecule has 10 heteroatoms. The summed E-state index contributed by atoms with van der Waals surface area (Å²) in [5.41, 5.74) is 2.63. The first-order valence-electron chi connectivity index (χ1n) is 15.0. The minimum atomic E-state index is -4.45. The van der Waals surface area contributed by atoms with Gasteiger partial charge in [-0.25, -0.2) is 4.79 Å². The van der Waals surface area contributed by atoms with Gasteiger partial charge in [-0.15, -0.1) is 0 Å². The molecule has 4 aromatic rings. The van der Waals surface area contributed by atoms with Crippen LogP contribution >= 0.6 is 0 Å². The zero-order valence-electron chi connectivity index (χ0n) is 26.6. The molecule has 0 aromatic heterocycles. The molecule has 2 amide bonds. The smallest absolute Gasteiger partial charge is 0.416 e. The fourth-order valence-electron chi connectivity index (χ4n) is 4.99. The van der Waals surface area contributed by atoms with Crippen LogP contribution in [0.4, 0.5) is 18.0 Å². The monoisotopic (exact) mass is 646 g/mol. The van der Waals surface area contributed by atoms with Gasteiger partial charge in [-0.2, -0.15) is 13.2 Å². The molecule has 0 aliphatic carbocycles. The molecule has 0 heterocycles. The fourth-order valence-corrected chi connectivity index (χ4v) is 4.99. The second-order valence-electron chi connectivity index (χ2n) is 11.9. The number of methoxy groups -OCH3 is 1. The molecule has 0 bridgehead atoms. The van der Waals surface area contributed by atoms with Gasteiger partial charge in [0.2, 0.25) is 0 Å². The van der Waals surface area contributed by atoms with E-state index in [-0.39, 0.29) is 25.1 Å². The molecule has 0 saturated carbocycles. The maximum atomic E-state index is 14.1. The minimum Gasteiger partial charge on any atom is -0.469 e. The third-order valence-corrected chi connectivity index (χ3v) is 7.33. The molecule has 4 rings (SSSR count). The first-order valence-corrected chi connectivity index (χ1v) is 15.0. The van der Waals surface area contributed by atoms with Gasteiger partial charge < -0.3 is 19.7 Å². The van der Waals surface area contributed by atoms with Crippen LogP contribution in [0.15, 0.2) is 103 Å². The predicted octanol–water partition coefficient (Wildman–Crippen LogP) is 8.31. The van der Waals surface area contributed by atoms with E-state index in [4.69, 9.17) is 9.47 Å². The second-order valence-corrected chi connectivity index (χ2v) is 11.9. The van der Waals surface area contributed by atoms with Crippen molar-refractivity contribution in [1.29, 1.82) is 0 Å². The van der Waals surface area contributed by atoms with Gasteiger partial charge in [0.15, 0.2) is 0 Å². The Hall–Kier alpha value is -5.12. The third kappa shape index (κ3) is 9.68. The lowest BCUT2D eigenvalue weighted by atomic mass is 9.97. The number of carbonyl (C=O) groups is 3. The van der Waals surface area contributed by atoms with Crippen LogP contribution in [0.3, 0.4) is 0 Å². The Balaban J connectivity index is 1.65. The largest absolute Gasteiger partial charge is 0.469 e. The number of ether oxygens (including phenoxy) is 2. The normalized spacial score (nSPS) is 12.1. The lowest BCUT2D eigenvalue weighted by Crippen LogP contribution is -2.42. The summed E-state index contributed by atoms with van der Waals surface area (Å²) in [4.78, 5) is 40.7. The number of hydrogen-bond donors (Lipinski definition) is 1. The molecule has 0 radical (unpaired) electrons. The van der Waals surface area contributed by atoms with Crippen molar-refractivity contribution < 1.29 is 37.0 Å². The number of amides is 2. The first kappa shape index (κ1) is 34.7. The number of carbonyl (C=O) groups excluding carboxylic acids is 3. The van der Waals surface area contributed by atoms with Crippen molar-refractivity contribution >= 4 is 18.0 Å². The number of esters is 1. The van der Waals surface area contributed by atoms with E-state index >= 15 is 0 Å². The Morgan fingerprint density at radius 1 is 0.745 bits per heavy atom. The van der Waals surface area contributed by atoms with Gasteiger partial charge >= 0.3 is 18.2 Å². The average molecular weight is 647 g/mol. The summed E-state index contributed by atoms with van der Waals surface area (Å²) in [5.74, 6) is -0.950. The quantitative estimate of drug-likeness (QED) is 0.175. The van der Waals surface area contributed by atoms with Gasteiger partial charge in [-0.1, -0.05) is 78.9 Å². The number of alkyl carbamates (subject to hydrolysis) is 1. The molecule has 7 nitrogen and oxygen atoms in total. The molecule has 1 unspecified atom stereocenters. The predicted molar refractivity (Wildman–Crippen MR) is 173 cm³/mol. The lowest BCUT2D eigenvalue weighted by Gasteiger charge is -2.32. The van der Waals surface area contributed by atoms with Crippen molar-refractivity contribution in [3.8, 4) is 22.3 Å². The van der Waals surface area contributed by atoms with Gasteiger partial charge in [0.05, 0.1) is 25.1 Å². The highest BCUT2D eigenvalue weighted by atomic mass is 19.4. The molecule has 47 heavy (non-hydrogen) atoms. The molecule has 0 saturated heterocycles. The number of alkyl halides is 3. The molecule has 1 N–H and O–H groups in total. The molecular weight excluding hydrogens is 609 g/mol. The number of nitrogens with zero attached hydrogens (tertiary/aromatic N) is 1. The molecule has 0 spiro atoms. The minimum absolute atomic E-state index is 0.0286. The highest BCUT2D eigenvalue weighted by Crippen LogP contribution is 2.32. The maximum Gasteiger partial charge on any atom is 0.416 e. The van der Waals surface area contributed by atoms with Crippen LogP contribution in [0.25, 0.3) is 22.3 Å². The van der Waals surface area contributed by atoms with E-state index in [9.17, 15) is 27.6 Å². The van der Waals surface area contributed by atoms with E-state index in [1.165, 1.54) is 24.1 Å². The average Bonchev–Trinajstić information content (AvgIpc) is 3.05. The maximum absolute atomic E-state index is 14.1. The summed E-state index contributed by atoms with van der Waals surface area (Å²) in [5, 5.41) is 2.67. The Morgan fingerprint density at radius 3 is 1.77 bits per heavy atom. The Bertz CT molecular complexity index is 1650. The van der Waals surface area contributed by atoms with Gasteiger partial charge in [0.25, 0.3) is 5.91 Å². The summed E-state index contributed by atoms with van der Waals surface area (Å²) < 4.78 is 49.4. The van der Waals surface area contributed by atoms with E-state index in [0.29, 0.717) is 16.7 Å². The van der Waals surface area contributed by atoms with Crippen LogP contribution in [0, 0.1) is 0 Å². The summed E-state index contributed by atoms with van der Waals surface area (Å²) in [6.45, 7) is 5.28. The van der Waals surface area contributed by atoms with E-state index in [2.05, 4.69) is 5.32 Å². The second kappa shape index (κ2) is 15.0. The van der Waals surface area contributed by atoms with Crippen LogP contribution in [-0.2, 0) is 20.4 Å². The third-order valence-electron chi connectivity index (χ3n) is 7.33. The number of hydrogen-bond acceptors (Lipinski definition) is 5. The molecule has 4 aromatic carbocycles. The Kier molecular flexibility index (Phi) is 11.1. The van der Waals surface area contributed by atoms with Crippen molar-refractivity contribution in [1.82, 2.24) is 10.2 Å². The van der Waals surface area contributed by atoms with Gasteiger partial charge in [0, 0.05) is 18.7 Å². The van der Waals surface area contributed by atoms with Gasteiger partial charge in [-0.3, -0.25) is 9.59 Å². The molecule has 0 fully saturated rings. The van der Waals surface area contributed by atoms with Crippen LogP contribution < -0.4 is 5.32 Å². The topological polar surface area (TPSA) is 84.9 Å². The molecule has 0 aliphatic rings. The number of halogens is 3. The van der Waals surface area contributed by atoms with Crippen molar-refractivity contribution in [2.24, 2.45) is 0 Å². The highest BCUT2D eigenvalue weighted by Gasteiger charge is 2.31. The Morgan fingerprint density at radius 2 is 1.26 bits per heavy atom. The fraction of sp³-hybridized carbons (Fsp3) is 0.270. The zero-order chi connectivity index (χ0) is 34.2. The summed E-state index contributed by atoms with van der Waals surface area (Å²) in [6, 6.07) is 27.8. The molecule has 1 atom stereocenters. The summed E-state index contributed by atoms with van der Waals surface area (Å²) in [7, 11) is 1.27. The standard InChI is InChI=1S/C37H37F3N2O5/c1-36(2,3)47-35(45)41-22-23-42(32(24-33(43)46-4)29-14-10-26(11-15-29)25-8-6-5-7-9-25)34(44)30-16-12-27(13-17-30)28-18-20-31(21-19-28)37(38,39)40/h5-21,32H,22-24H2,1-4H3,(H,41,45). The van der Waals surface area contributed by atoms with Crippen LogP contribution in [-0.4, -0.2) is 48.7 Å². The zero-order valence-corrected chi connectivity index (χ0v) is 26.6. The van der Waals surface area contributed by atoms with E-state index in [0.717, 1.165) is 23.3 Å². The van der Waals surface area contributed by atoms with Gasteiger partial charge in [0.1, 0.15) is 5.60 Å². The van der Waals surface area contributed by atoms with E-state index in [1.54, 1.807) is 45.0 Å². The molecule has 246 valence electrons. The number of rotatable bonds is 10. The lowest BCUT2D eigenvalue weighted by molar-refractivity contribution is -0.142. The SMILES string of the molecule is COC(=O)CC(c1ccc(-c2ccccc2)cc1)N(CCNC(=O)OC(C)(C)C)C(=O)c1ccc(-c2ccc(C(F)(F)F)cc2)cc1. The van der Waals surface area contributed by atoms with E-state index < -0.39 is 41.4 Å². The number of benzene rings is 4. The number of nitrogens with one attached hydrogen (secondary N) is 1. The van der Waals surface area contributed by atoms with Crippen molar-refractivity contribution in [2.45, 2.75) is 45.0 Å². The van der Waals surface area contributed by atoms with Gasteiger partial charge in [-0.05, 0) is 72.9 Å². The van der Waals surface area contributed by atoms with Crippen molar-refractivity contribution in [2.75, 3.05) is 20.2 Å². The first-order chi connectivity index (χ1) is 22.2. The van der Waals surface area contributed by atoms with Crippen molar-refractivity contribution in [3.63, 3.8) is 0 Å².